The van der Waals surface area contributed by atoms with Gasteiger partial charge >= 0.3 is 0 Å². The number of hydrogen-bond acceptors (Lipinski definition) is 4. The Morgan fingerprint density at radius 1 is 1.16 bits per heavy atom. The van der Waals surface area contributed by atoms with Crippen LogP contribution in [0.4, 0.5) is 0 Å². The topological polar surface area (TPSA) is 72.4 Å². The van der Waals surface area contributed by atoms with Crippen molar-refractivity contribution in [3.63, 3.8) is 0 Å². The number of fused-ring (bicyclic) bond motifs is 1. The van der Waals surface area contributed by atoms with Gasteiger partial charge in [-0.05, 0) is 30.7 Å². The molecule has 0 saturated heterocycles. The molecule has 2 aromatic rings. The summed E-state index contributed by atoms with van der Waals surface area (Å²) >= 11 is 0. The molecular weight excluding hydrogens is 342 g/mol. The third kappa shape index (κ3) is 4.72. The molecule has 0 radical (unpaired) electrons. The molecule has 25 heavy (non-hydrogen) atoms. The fourth-order valence-corrected chi connectivity index (χ4v) is 2.77. The van der Waals surface area contributed by atoms with Crippen LogP contribution in [-0.4, -0.2) is 30.3 Å². The molecular formula is C19H22ClNO4. The number of aliphatic hydroxyl groups is 1. The monoisotopic (exact) mass is 363 g/mol. The van der Waals surface area contributed by atoms with E-state index in [1.165, 1.54) is 0 Å². The number of Topliss-reactive ketones (excluding diaryl/α,β-unsaturated/α-hetero) is 1. The van der Waals surface area contributed by atoms with E-state index in [-0.39, 0.29) is 31.0 Å². The van der Waals surface area contributed by atoms with Crippen molar-refractivity contribution in [3.8, 4) is 11.5 Å². The number of carbonyl (C=O) groups excluding carboxylic acids is 1. The van der Waals surface area contributed by atoms with Crippen LogP contribution in [0.25, 0.3) is 0 Å². The van der Waals surface area contributed by atoms with Crippen molar-refractivity contribution in [1.29, 1.82) is 0 Å². The molecule has 3 rings (SSSR count). The first-order chi connectivity index (χ1) is 11.6. The number of rotatable bonds is 7. The smallest absolute Gasteiger partial charge is 0.231 e. The van der Waals surface area contributed by atoms with Gasteiger partial charge in [0.15, 0.2) is 17.3 Å². The van der Waals surface area contributed by atoms with Gasteiger partial charge in [-0.15, -0.1) is 0 Å². The minimum atomic E-state index is -0.549. The minimum Gasteiger partial charge on any atom is -1.00 e. The van der Waals surface area contributed by atoms with Crippen molar-refractivity contribution in [2.45, 2.75) is 25.5 Å². The van der Waals surface area contributed by atoms with Gasteiger partial charge in [-0.25, -0.2) is 0 Å². The van der Waals surface area contributed by atoms with E-state index < -0.39 is 6.10 Å². The Kier molecular flexibility index (Phi) is 6.82. The summed E-state index contributed by atoms with van der Waals surface area (Å²) in [5.74, 6) is 1.36. The Bertz CT molecular complexity index is 708. The van der Waals surface area contributed by atoms with E-state index in [2.05, 4.69) is 0 Å². The maximum atomic E-state index is 12.3. The van der Waals surface area contributed by atoms with E-state index >= 15 is 0 Å². The van der Waals surface area contributed by atoms with Crippen molar-refractivity contribution < 1.29 is 37.1 Å². The largest absolute Gasteiger partial charge is 1.00 e. The molecule has 1 heterocycles. The lowest BCUT2D eigenvalue weighted by molar-refractivity contribution is -0.693. The number of ether oxygens (including phenoxy) is 2. The molecule has 0 aliphatic carbocycles. The second kappa shape index (κ2) is 8.85. The van der Waals surface area contributed by atoms with Gasteiger partial charge < -0.3 is 32.3 Å². The third-order valence-corrected chi connectivity index (χ3v) is 4.24. The number of benzene rings is 2. The quantitative estimate of drug-likeness (QED) is 0.598. The Balaban J connectivity index is 0.00000225. The maximum absolute atomic E-state index is 12.3. The van der Waals surface area contributed by atoms with E-state index in [4.69, 9.17) is 9.47 Å². The number of aliphatic hydroxyl groups excluding tert-OH is 1. The van der Waals surface area contributed by atoms with E-state index in [1.807, 2.05) is 42.6 Å². The average Bonchev–Trinajstić information content (AvgIpc) is 3.09. The molecule has 5 nitrogen and oxygen atoms in total. The van der Waals surface area contributed by atoms with Crippen molar-refractivity contribution in [1.82, 2.24) is 0 Å². The van der Waals surface area contributed by atoms with Crippen LogP contribution in [0.2, 0.25) is 0 Å². The first-order valence-corrected chi connectivity index (χ1v) is 8.14. The molecule has 0 spiro atoms. The van der Waals surface area contributed by atoms with E-state index in [9.17, 15) is 9.90 Å². The fraction of sp³-hybridized carbons (Fsp3) is 0.316. The summed E-state index contributed by atoms with van der Waals surface area (Å²) in [7, 11) is 0. The van der Waals surface area contributed by atoms with Crippen molar-refractivity contribution in [2.24, 2.45) is 0 Å². The predicted octanol–water partition coefficient (Wildman–Crippen LogP) is -1.32. The first kappa shape index (κ1) is 19.2. The lowest BCUT2D eigenvalue weighted by Crippen LogP contribution is -3.00. The van der Waals surface area contributed by atoms with Crippen LogP contribution in [-0.2, 0) is 0 Å². The van der Waals surface area contributed by atoms with E-state index in [0.29, 0.717) is 30.0 Å². The molecule has 0 saturated carbocycles. The summed E-state index contributed by atoms with van der Waals surface area (Å²) < 4.78 is 10.5. The predicted molar refractivity (Wildman–Crippen MR) is 89.2 cm³/mol. The van der Waals surface area contributed by atoms with Crippen LogP contribution in [0, 0.1) is 0 Å². The minimum absolute atomic E-state index is 0. The first-order valence-electron chi connectivity index (χ1n) is 8.14. The second-order valence-corrected chi connectivity index (χ2v) is 5.98. The zero-order valence-corrected chi connectivity index (χ0v) is 14.8. The summed E-state index contributed by atoms with van der Waals surface area (Å²) in [6, 6.07) is 14.8. The van der Waals surface area contributed by atoms with Crippen molar-refractivity contribution in [3.05, 3.63) is 59.7 Å². The van der Waals surface area contributed by atoms with Crippen LogP contribution < -0.4 is 27.2 Å². The molecule has 6 heteroatoms. The number of hydrogen-bond donors (Lipinski definition) is 2. The highest BCUT2D eigenvalue weighted by molar-refractivity contribution is 5.96. The lowest BCUT2D eigenvalue weighted by atomic mass is 10.0. The summed E-state index contributed by atoms with van der Waals surface area (Å²) in [5, 5.41) is 12.3. The van der Waals surface area contributed by atoms with Gasteiger partial charge in [0.25, 0.3) is 0 Å². The molecule has 1 aliphatic heterocycles. The summed E-state index contributed by atoms with van der Waals surface area (Å²) in [4.78, 5) is 12.3. The van der Waals surface area contributed by atoms with Gasteiger partial charge in [0.1, 0.15) is 12.1 Å². The highest BCUT2D eigenvalue weighted by Gasteiger charge is 2.20. The fourth-order valence-electron chi connectivity index (χ4n) is 2.77. The number of quaternary nitrogens is 1. The van der Waals surface area contributed by atoms with Crippen LogP contribution in [0.3, 0.4) is 0 Å². The normalized spacial score (nSPS) is 14.5. The van der Waals surface area contributed by atoms with Gasteiger partial charge in [0.05, 0.1) is 13.0 Å². The summed E-state index contributed by atoms with van der Waals surface area (Å²) in [6.07, 6.45) is -0.141. The maximum Gasteiger partial charge on any atom is 0.231 e. The van der Waals surface area contributed by atoms with Crippen LogP contribution in [0.5, 0.6) is 11.5 Å². The zero-order chi connectivity index (χ0) is 16.9. The molecule has 0 aromatic heterocycles. The van der Waals surface area contributed by atoms with Crippen molar-refractivity contribution >= 4 is 5.78 Å². The molecule has 134 valence electrons. The Morgan fingerprint density at radius 3 is 2.64 bits per heavy atom. The van der Waals surface area contributed by atoms with Gasteiger partial charge in [0.2, 0.25) is 6.79 Å². The highest BCUT2D eigenvalue weighted by atomic mass is 35.5. The van der Waals surface area contributed by atoms with Gasteiger partial charge in [-0.1, -0.05) is 30.3 Å². The Morgan fingerprint density at radius 2 is 1.88 bits per heavy atom. The molecule has 2 unspecified atom stereocenters. The highest BCUT2D eigenvalue weighted by Crippen LogP contribution is 2.32. The van der Waals surface area contributed by atoms with Crippen LogP contribution >= 0.6 is 0 Å². The molecule has 1 aliphatic rings. The van der Waals surface area contributed by atoms with Crippen molar-refractivity contribution in [2.75, 3.05) is 13.3 Å². The SMILES string of the molecule is CC([NH2+]CCC(=O)c1ccc2c(c1)OCO2)C(O)c1ccccc1.[Cl-]. The Hall–Kier alpha value is -2.08. The number of halogens is 1. The lowest BCUT2D eigenvalue weighted by Gasteiger charge is -2.17. The molecule has 2 aromatic carbocycles. The van der Waals surface area contributed by atoms with Gasteiger partial charge in [-0.2, -0.15) is 0 Å². The van der Waals surface area contributed by atoms with E-state index in [1.54, 1.807) is 18.2 Å². The van der Waals surface area contributed by atoms with E-state index in [0.717, 1.165) is 5.56 Å². The average molecular weight is 364 g/mol. The van der Waals surface area contributed by atoms with Crippen LogP contribution in [0.1, 0.15) is 35.4 Å². The molecule has 3 N–H and O–H groups in total. The molecule has 0 fully saturated rings. The number of nitrogens with two attached hydrogens (primary N) is 1. The second-order valence-electron chi connectivity index (χ2n) is 5.98. The van der Waals surface area contributed by atoms with Crippen LogP contribution in [0.15, 0.2) is 48.5 Å². The third-order valence-electron chi connectivity index (χ3n) is 4.24. The molecule has 2 atom stereocenters. The summed E-state index contributed by atoms with van der Waals surface area (Å²) in [6.45, 7) is 2.79. The Labute approximate surface area is 153 Å². The number of ketones is 1. The summed E-state index contributed by atoms with van der Waals surface area (Å²) in [5.41, 5.74) is 1.52. The standard InChI is InChI=1S/C19H21NO4.ClH/c1-13(19(22)14-5-3-2-4-6-14)20-10-9-16(21)15-7-8-17-18(11-15)24-12-23-17;/h2-8,11,13,19-20,22H,9-10,12H2,1H3;1H. The number of carbonyl (C=O) groups is 1. The van der Waals surface area contributed by atoms with Gasteiger partial charge in [-0.3, -0.25) is 4.79 Å². The molecule has 0 amide bonds. The van der Waals surface area contributed by atoms with Gasteiger partial charge in [0, 0.05) is 5.56 Å². The zero-order valence-electron chi connectivity index (χ0n) is 14.0. The molecule has 0 bridgehead atoms.